The lowest BCUT2D eigenvalue weighted by Gasteiger charge is -2.34. The van der Waals surface area contributed by atoms with Crippen LogP contribution in [-0.2, 0) is 4.79 Å². The van der Waals surface area contributed by atoms with Gasteiger partial charge in [-0.2, -0.15) is 0 Å². The second-order valence-corrected chi connectivity index (χ2v) is 6.41. The molecular formula is C16H30N2O. The largest absolute Gasteiger partial charge is 0.342 e. The first kappa shape index (κ1) is 14.8. The third-order valence-electron chi connectivity index (χ3n) is 5.21. The predicted octanol–water partition coefficient (Wildman–Crippen LogP) is 2.80. The van der Waals surface area contributed by atoms with Gasteiger partial charge >= 0.3 is 0 Å². The Labute approximate surface area is 118 Å². The van der Waals surface area contributed by atoms with Gasteiger partial charge in [-0.1, -0.05) is 13.3 Å². The molecule has 1 amide bonds. The molecule has 2 rings (SSSR count). The summed E-state index contributed by atoms with van der Waals surface area (Å²) in [5.74, 6) is 1.60. The van der Waals surface area contributed by atoms with Gasteiger partial charge in [-0.3, -0.25) is 4.79 Å². The average molecular weight is 266 g/mol. The number of nitrogens with zero attached hydrogens (tertiary/aromatic N) is 1. The van der Waals surface area contributed by atoms with Crippen LogP contribution in [-0.4, -0.2) is 37.0 Å². The third kappa shape index (κ3) is 3.95. The highest BCUT2D eigenvalue weighted by Gasteiger charge is 2.30. The van der Waals surface area contributed by atoms with Crippen molar-refractivity contribution >= 4 is 5.91 Å². The number of nitrogens with one attached hydrogen (secondary N) is 1. The molecule has 1 atom stereocenters. The Bertz CT molecular complexity index is 276. The maximum absolute atomic E-state index is 12.6. The number of carbonyl (C=O) groups excluding carboxylic acids is 1. The van der Waals surface area contributed by atoms with Crippen molar-refractivity contribution in [1.82, 2.24) is 10.2 Å². The molecule has 0 spiro atoms. The fraction of sp³-hybridized carbons (Fsp3) is 0.938. The van der Waals surface area contributed by atoms with Crippen molar-refractivity contribution in [3.05, 3.63) is 0 Å². The van der Waals surface area contributed by atoms with Crippen LogP contribution in [0.25, 0.3) is 0 Å². The summed E-state index contributed by atoms with van der Waals surface area (Å²) in [4.78, 5) is 14.7. The van der Waals surface area contributed by atoms with Gasteiger partial charge in [-0.05, 0) is 64.0 Å². The van der Waals surface area contributed by atoms with Gasteiger partial charge in [-0.25, -0.2) is 0 Å². The van der Waals surface area contributed by atoms with Gasteiger partial charge in [0.15, 0.2) is 0 Å². The molecule has 0 bridgehead atoms. The minimum Gasteiger partial charge on any atom is -0.342 e. The monoisotopic (exact) mass is 266 g/mol. The number of carbonyl (C=O) groups is 1. The minimum atomic E-state index is 0.309. The fourth-order valence-corrected chi connectivity index (χ4v) is 3.67. The Hall–Kier alpha value is -0.570. The van der Waals surface area contributed by atoms with Crippen LogP contribution < -0.4 is 5.32 Å². The maximum Gasteiger partial charge on any atom is 0.225 e. The van der Waals surface area contributed by atoms with Crippen molar-refractivity contribution in [2.45, 2.75) is 64.3 Å². The molecule has 110 valence electrons. The van der Waals surface area contributed by atoms with Crippen LogP contribution in [0, 0.1) is 11.8 Å². The molecule has 2 aliphatic rings. The Morgan fingerprint density at radius 2 is 1.84 bits per heavy atom. The quantitative estimate of drug-likeness (QED) is 0.852. The molecule has 1 saturated carbocycles. The third-order valence-corrected chi connectivity index (χ3v) is 5.21. The van der Waals surface area contributed by atoms with Gasteiger partial charge < -0.3 is 10.2 Å². The zero-order valence-electron chi connectivity index (χ0n) is 12.7. The van der Waals surface area contributed by atoms with E-state index in [4.69, 9.17) is 0 Å². The smallest absolute Gasteiger partial charge is 0.225 e. The zero-order chi connectivity index (χ0) is 13.7. The lowest BCUT2D eigenvalue weighted by molar-refractivity contribution is -0.137. The average Bonchev–Trinajstić information content (AvgIpc) is 2.75. The van der Waals surface area contributed by atoms with E-state index in [1.807, 2.05) is 7.05 Å². The number of rotatable bonds is 3. The lowest BCUT2D eigenvalue weighted by atomic mass is 9.80. The zero-order valence-corrected chi connectivity index (χ0v) is 12.7. The summed E-state index contributed by atoms with van der Waals surface area (Å²) in [6, 6.07) is 0.464. The van der Waals surface area contributed by atoms with E-state index < -0.39 is 0 Å². The second-order valence-electron chi connectivity index (χ2n) is 6.41. The van der Waals surface area contributed by atoms with Crippen LogP contribution in [0.5, 0.6) is 0 Å². The van der Waals surface area contributed by atoms with E-state index in [0.29, 0.717) is 17.9 Å². The van der Waals surface area contributed by atoms with Crippen LogP contribution in [0.3, 0.4) is 0 Å². The standard InChI is InChI=1S/C16H30N2O/c1-3-13-6-8-14(9-7-13)16(19)18(2)15-5-4-11-17-12-10-15/h13-15,17H,3-12H2,1-2H3. The molecule has 0 aromatic heterocycles. The maximum atomic E-state index is 12.6. The Morgan fingerprint density at radius 1 is 1.11 bits per heavy atom. The van der Waals surface area contributed by atoms with Crippen molar-refractivity contribution in [2.75, 3.05) is 20.1 Å². The van der Waals surface area contributed by atoms with E-state index in [-0.39, 0.29) is 0 Å². The minimum absolute atomic E-state index is 0.309. The molecule has 19 heavy (non-hydrogen) atoms. The van der Waals surface area contributed by atoms with E-state index >= 15 is 0 Å². The van der Waals surface area contributed by atoms with Crippen LogP contribution in [0.1, 0.15) is 58.3 Å². The molecule has 1 aliphatic heterocycles. The van der Waals surface area contributed by atoms with Crippen molar-refractivity contribution < 1.29 is 4.79 Å². The Balaban J connectivity index is 1.84. The van der Waals surface area contributed by atoms with Crippen LogP contribution >= 0.6 is 0 Å². The van der Waals surface area contributed by atoms with Crippen molar-refractivity contribution in [3.63, 3.8) is 0 Å². The topological polar surface area (TPSA) is 32.3 Å². The summed E-state index contributed by atoms with van der Waals surface area (Å²) in [6.45, 7) is 4.45. The van der Waals surface area contributed by atoms with Gasteiger partial charge in [0.2, 0.25) is 5.91 Å². The Kier molecular flexibility index (Phi) is 5.68. The summed E-state index contributed by atoms with van der Waals surface area (Å²) in [6.07, 6.45) is 9.52. The summed E-state index contributed by atoms with van der Waals surface area (Å²) >= 11 is 0. The summed E-state index contributed by atoms with van der Waals surface area (Å²) in [5.41, 5.74) is 0. The van der Waals surface area contributed by atoms with Crippen molar-refractivity contribution in [3.8, 4) is 0 Å². The van der Waals surface area contributed by atoms with Crippen LogP contribution in [0.4, 0.5) is 0 Å². The van der Waals surface area contributed by atoms with Gasteiger partial charge in [0, 0.05) is 19.0 Å². The van der Waals surface area contributed by atoms with Crippen LogP contribution in [0.2, 0.25) is 0 Å². The highest BCUT2D eigenvalue weighted by Crippen LogP contribution is 2.32. The molecule has 1 unspecified atom stereocenters. The summed E-state index contributed by atoms with van der Waals surface area (Å²) < 4.78 is 0. The van der Waals surface area contributed by atoms with E-state index in [1.165, 1.54) is 32.1 Å². The molecular weight excluding hydrogens is 236 g/mol. The molecule has 1 heterocycles. The van der Waals surface area contributed by atoms with Gasteiger partial charge in [0.05, 0.1) is 0 Å². The van der Waals surface area contributed by atoms with E-state index in [2.05, 4.69) is 17.1 Å². The number of hydrogen-bond acceptors (Lipinski definition) is 2. The van der Waals surface area contributed by atoms with E-state index in [1.54, 1.807) is 0 Å². The number of amides is 1. The van der Waals surface area contributed by atoms with E-state index in [9.17, 15) is 4.79 Å². The molecule has 1 aliphatic carbocycles. The summed E-state index contributed by atoms with van der Waals surface area (Å²) in [7, 11) is 2.03. The molecule has 1 N–H and O–H groups in total. The molecule has 2 fully saturated rings. The Morgan fingerprint density at radius 3 is 2.53 bits per heavy atom. The van der Waals surface area contributed by atoms with Gasteiger partial charge in [-0.15, -0.1) is 0 Å². The second kappa shape index (κ2) is 7.28. The van der Waals surface area contributed by atoms with Crippen LogP contribution in [0.15, 0.2) is 0 Å². The highest BCUT2D eigenvalue weighted by molar-refractivity contribution is 5.79. The summed E-state index contributed by atoms with van der Waals surface area (Å²) in [5, 5.41) is 3.43. The van der Waals surface area contributed by atoms with Crippen molar-refractivity contribution in [1.29, 1.82) is 0 Å². The fourth-order valence-electron chi connectivity index (χ4n) is 3.67. The molecule has 0 radical (unpaired) electrons. The van der Waals surface area contributed by atoms with Gasteiger partial charge in [0.1, 0.15) is 0 Å². The normalized spacial score (nSPS) is 32.6. The first-order valence-corrected chi connectivity index (χ1v) is 8.19. The molecule has 3 heteroatoms. The first-order valence-electron chi connectivity index (χ1n) is 8.19. The van der Waals surface area contributed by atoms with Gasteiger partial charge in [0.25, 0.3) is 0 Å². The lowest BCUT2D eigenvalue weighted by Crippen LogP contribution is -2.42. The highest BCUT2D eigenvalue weighted by atomic mass is 16.2. The predicted molar refractivity (Wildman–Crippen MR) is 79.0 cm³/mol. The van der Waals surface area contributed by atoms with E-state index in [0.717, 1.165) is 38.3 Å². The molecule has 1 saturated heterocycles. The molecule has 0 aromatic rings. The van der Waals surface area contributed by atoms with Crippen molar-refractivity contribution in [2.24, 2.45) is 11.8 Å². The first-order chi connectivity index (χ1) is 9.22. The SMILES string of the molecule is CCC1CCC(C(=O)N(C)C2CCCNCC2)CC1. The molecule has 0 aromatic carbocycles. The molecule has 3 nitrogen and oxygen atoms in total. The number of hydrogen-bond donors (Lipinski definition) is 1.